The Balaban J connectivity index is 2.11. The minimum Gasteiger partial charge on any atom is -0.334 e. The van der Waals surface area contributed by atoms with E-state index in [9.17, 15) is 9.59 Å². The lowest BCUT2D eigenvalue weighted by atomic mass is 10.1. The topological polar surface area (TPSA) is 62.3 Å². The van der Waals surface area contributed by atoms with Crippen LogP contribution >= 0.6 is 0 Å². The van der Waals surface area contributed by atoms with E-state index >= 15 is 0 Å². The van der Waals surface area contributed by atoms with Crippen LogP contribution in [0.3, 0.4) is 0 Å². The highest BCUT2D eigenvalue weighted by Crippen LogP contribution is 2.14. The van der Waals surface area contributed by atoms with Gasteiger partial charge in [-0.2, -0.15) is 0 Å². The molecule has 0 unspecified atom stereocenters. The van der Waals surface area contributed by atoms with Crippen molar-refractivity contribution in [2.24, 2.45) is 0 Å². The third kappa shape index (κ3) is 4.70. The number of amides is 2. The summed E-state index contributed by atoms with van der Waals surface area (Å²) < 4.78 is 0. The minimum atomic E-state index is -0.115. The normalized spacial score (nSPS) is 10.1. The number of hydrogen-bond acceptors (Lipinski definition) is 3. The largest absolute Gasteiger partial charge is 0.334 e. The molecule has 2 amide bonds. The highest BCUT2D eigenvalue weighted by molar-refractivity contribution is 5.88. The van der Waals surface area contributed by atoms with Crippen LogP contribution in [0.5, 0.6) is 0 Å². The molecule has 0 aliphatic rings. The number of carbonyl (C=O) groups excluding carboxylic acids is 2. The molecule has 2 aromatic rings. The van der Waals surface area contributed by atoms with Gasteiger partial charge in [0.1, 0.15) is 0 Å². The highest BCUT2D eigenvalue weighted by atomic mass is 16.2. The number of hydrogen-bond donors (Lipinski definition) is 1. The molecular weight excluding hydrogens is 278 g/mol. The molecular formula is C17H19N3O2. The first-order chi connectivity index (χ1) is 10.5. The van der Waals surface area contributed by atoms with Crippen molar-refractivity contribution in [1.82, 2.24) is 9.88 Å². The van der Waals surface area contributed by atoms with Crippen LogP contribution in [0.4, 0.5) is 5.69 Å². The van der Waals surface area contributed by atoms with Gasteiger partial charge >= 0.3 is 0 Å². The molecule has 114 valence electrons. The van der Waals surface area contributed by atoms with Gasteiger partial charge in [-0.1, -0.05) is 18.2 Å². The van der Waals surface area contributed by atoms with Gasteiger partial charge in [-0.3, -0.25) is 14.6 Å². The van der Waals surface area contributed by atoms with Gasteiger partial charge in [0, 0.05) is 45.0 Å². The van der Waals surface area contributed by atoms with Crippen LogP contribution in [0.1, 0.15) is 25.0 Å². The van der Waals surface area contributed by atoms with E-state index in [0.717, 1.165) is 16.8 Å². The number of benzene rings is 1. The van der Waals surface area contributed by atoms with Crippen LogP contribution in [-0.2, 0) is 22.7 Å². The van der Waals surface area contributed by atoms with Gasteiger partial charge in [-0.25, -0.2) is 0 Å². The zero-order chi connectivity index (χ0) is 15.9. The smallest absolute Gasteiger partial charge is 0.221 e. The van der Waals surface area contributed by atoms with E-state index in [2.05, 4.69) is 10.3 Å². The predicted molar refractivity (Wildman–Crippen MR) is 84.9 cm³/mol. The summed E-state index contributed by atoms with van der Waals surface area (Å²) in [6.45, 7) is 4.01. The lowest BCUT2D eigenvalue weighted by molar-refractivity contribution is -0.130. The van der Waals surface area contributed by atoms with E-state index in [4.69, 9.17) is 0 Å². The predicted octanol–water partition coefficient (Wildman–Crippen LogP) is 2.59. The first-order valence-corrected chi connectivity index (χ1v) is 7.05. The Kier molecular flexibility index (Phi) is 5.25. The molecule has 0 aliphatic carbocycles. The van der Waals surface area contributed by atoms with Gasteiger partial charge in [0.15, 0.2) is 0 Å². The maximum atomic E-state index is 11.9. The second-order valence-electron chi connectivity index (χ2n) is 5.12. The van der Waals surface area contributed by atoms with Crippen LogP contribution < -0.4 is 5.32 Å². The molecule has 0 radical (unpaired) electrons. The molecule has 1 heterocycles. The molecule has 0 atom stereocenters. The van der Waals surface area contributed by atoms with E-state index in [1.165, 1.54) is 6.92 Å². The summed E-state index contributed by atoms with van der Waals surface area (Å²) >= 11 is 0. The molecule has 0 spiro atoms. The van der Waals surface area contributed by atoms with Crippen molar-refractivity contribution < 1.29 is 9.59 Å². The number of rotatable bonds is 5. The molecule has 2 rings (SSSR count). The Morgan fingerprint density at radius 3 is 2.45 bits per heavy atom. The fourth-order valence-corrected chi connectivity index (χ4v) is 2.16. The summed E-state index contributed by atoms with van der Waals surface area (Å²) in [6.07, 6.45) is 3.46. The van der Waals surface area contributed by atoms with Crippen LogP contribution in [0.2, 0.25) is 0 Å². The van der Waals surface area contributed by atoms with E-state index in [0.29, 0.717) is 13.1 Å². The summed E-state index contributed by atoms with van der Waals surface area (Å²) in [7, 11) is 0. The standard InChI is InChI=1S/C17H19N3O2/c1-13(21)19-17-7-3-5-15(9-17)11-20(14(2)22)12-16-6-4-8-18-10-16/h3-10H,11-12H2,1-2H3,(H,19,21). The van der Waals surface area contributed by atoms with Crippen LogP contribution in [0.25, 0.3) is 0 Å². The molecule has 5 nitrogen and oxygen atoms in total. The number of nitrogens with zero attached hydrogens (tertiary/aromatic N) is 2. The molecule has 0 saturated carbocycles. The highest BCUT2D eigenvalue weighted by Gasteiger charge is 2.11. The Morgan fingerprint density at radius 2 is 1.82 bits per heavy atom. The number of anilines is 1. The van der Waals surface area contributed by atoms with Crippen molar-refractivity contribution in [1.29, 1.82) is 0 Å². The van der Waals surface area contributed by atoms with E-state index in [1.807, 2.05) is 36.4 Å². The summed E-state index contributed by atoms with van der Waals surface area (Å²) in [5.74, 6) is -0.121. The molecule has 0 fully saturated rings. The van der Waals surface area contributed by atoms with E-state index < -0.39 is 0 Å². The summed E-state index contributed by atoms with van der Waals surface area (Å²) in [4.78, 5) is 28.8. The zero-order valence-electron chi connectivity index (χ0n) is 12.7. The van der Waals surface area contributed by atoms with Gasteiger partial charge < -0.3 is 10.2 Å². The number of carbonyl (C=O) groups is 2. The molecule has 22 heavy (non-hydrogen) atoms. The van der Waals surface area contributed by atoms with Crippen molar-refractivity contribution in [2.45, 2.75) is 26.9 Å². The quantitative estimate of drug-likeness (QED) is 0.922. The van der Waals surface area contributed by atoms with Crippen molar-refractivity contribution in [2.75, 3.05) is 5.32 Å². The Bertz CT molecular complexity index is 656. The number of aromatic nitrogens is 1. The molecule has 1 aromatic carbocycles. The molecule has 1 N–H and O–H groups in total. The second-order valence-corrected chi connectivity index (χ2v) is 5.12. The van der Waals surface area contributed by atoms with Crippen LogP contribution in [-0.4, -0.2) is 21.7 Å². The van der Waals surface area contributed by atoms with Gasteiger partial charge in [-0.15, -0.1) is 0 Å². The van der Waals surface area contributed by atoms with Crippen LogP contribution in [0.15, 0.2) is 48.8 Å². The number of pyridine rings is 1. The average Bonchev–Trinajstić information content (AvgIpc) is 2.47. The Morgan fingerprint density at radius 1 is 1.09 bits per heavy atom. The van der Waals surface area contributed by atoms with Crippen molar-refractivity contribution in [3.05, 3.63) is 59.9 Å². The molecule has 0 bridgehead atoms. The third-order valence-electron chi connectivity index (χ3n) is 3.16. The fourth-order valence-electron chi connectivity index (χ4n) is 2.16. The fraction of sp³-hybridized carbons (Fsp3) is 0.235. The number of nitrogens with one attached hydrogen (secondary N) is 1. The zero-order valence-corrected chi connectivity index (χ0v) is 12.7. The van der Waals surface area contributed by atoms with Crippen molar-refractivity contribution >= 4 is 17.5 Å². The van der Waals surface area contributed by atoms with E-state index in [1.54, 1.807) is 24.2 Å². The summed E-state index contributed by atoms with van der Waals surface area (Å²) in [5.41, 5.74) is 2.68. The minimum absolute atomic E-state index is 0.00576. The van der Waals surface area contributed by atoms with Gasteiger partial charge in [0.25, 0.3) is 0 Å². The molecule has 5 heteroatoms. The lowest BCUT2D eigenvalue weighted by Crippen LogP contribution is -2.27. The Hall–Kier alpha value is -2.69. The first kappa shape index (κ1) is 15.7. The van der Waals surface area contributed by atoms with E-state index in [-0.39, 0.29) is 11.8 Å². The molecule has 0 aliphatic heterocycles. The monoisotopic (exact) mass is 297 g/mol. The third-order valence-corrected chi connectivity index (χ3v) is 3.16. The van der Waals surface area contributed by atoms with Gasteiger partial charge in [0.05, 0.1) is 0 Å². The van der Waals surface area contributed by atoms with Gasteiger partial charge in [-0.05, 0) is 29.3 Å². The molecule has 0 saturated heterocycles. The Labute approximate surface area is 130 Å². The summed E-state index contributed by atoms with van der Waals surface area (Å²) in [5, 5.41) is 2.74. The maximum Gasteiger partial charge on any atom is 0.221 e. The van der Waals surface area contributed by atoms with Crippen molar-refractivity contribution in [3.63, 3.8) is 0 Å². The second kappa shape index (κ2) is 7.36. The summed E-state index contributed by atoms with van der Waals surface area (Å²) in [6, 6.07) is 11.3. The lowest BCUT2D eigenvalue weighted by Gasteiger charge is -2.21. The first-order valence-electron chi connectivity index (χ1n) is 7.05. The van der Waals surface area contributed by atoms with Crippen LogP contribution in [0, 0.1) is 0 Å². The SMILES string of the molecule is CC(=O)Nc1cccc(CN(Cc2cccnc2)C(C)=O)c1. The van der Waals surface area contributed by atoms with Gasteiger partial charge in [0.2, 0.25) is 11.8 Å². The van der Waals surface area contributed by atoms with Crippen molar-refractivity contribution in [3.8, 4) is 0 Å². The average molecular weight is 297 g/mol. The molecule has 1 aromatic heterocycles. The maximum absolute atomic E-state index is 11.9.